The highest BCUT2D eigenvalue weighted by molar-refractivity contribution is 5.78. The number of hydrogen-bond donors (Lipinski definition) is 2. The number of carbonyl (C=O) groups excluding carboxylic acids is 1. The molecule has 0 saturated carbocycles. The summed E-state index contributed by atoms with van der Waals surface area (Å²) in [5.41, 5.74) is 0.414. The monoisotopic (exact) mass is 325 g/mol. The third-order valence-corrected chi connectivity index (χ3v) is 3.03. The van der Waals surface area contributed by atoms with Gasteiger partial charge in [0.25, 0.3) is 0 Å². The van der Waals surface area contributed by atoms with Crippen LogP contribution in [0.3, 0.4) is 0 Å². The van der Waals surface area contributed by atoms with Crippen LogP contribution in [0, 0.1) is 5.82 Å². The van der Waals surface area contributed by atoms with Gasteiger partial charge in [-0.2, -0.15) is 8.78 Å². The fraction of sp³-hybridized carbons (Fsp3) is 0.188. The fourth-order valence-corrected chi connectivity index (χ4v) is 2.02. The van der Waals surface area contributed by atoms with Gasteiger partial charge < -0.3 is 15.2 Å². The summed E-state index contributed by atoms with van der Waals surface area (Å²) in [6.45, 7) is -3.37. The number of carbonyl (C=O) groups is 1. The van der Waals surface area contributed by atoms with E-state index in [0.717, 1.165) is 6.07 Å². The number of amides is 1. The molecule has 0 saturated heterocycles. The lowest BCUT2D eigenvalue weighted by Crippen LogP contribution is -2.25. The highest BCUT2D eigenvalue weighted by Crippen LogP contribution is 2.23. The van der Waals surface area contributed by atoms with Gasteiger partial charge in [-0.25, -0.2) is 4.39 Å². The normalized spacial score (nSPS) is 10.6. The minimum atomic E-state index is -3.08. The topological polar surface area (TPSA) is 58.6 Å². The van der Waals surface area contributed by atoms with Gasteiger partial charge in [0.05, 0.1) is 6.42 Å². The molecule has 0 bridgehead atoms. The molecule has 2 aromatic rings. The van der Waals surface area contributed by atoms with Crippen LogP contribution in [-0.4, -0.2) is 17.6 Å². The third kappa shape index (κ3) is 4.91. The molecule has 0 unspecified atom stereocenters. The van der Waals surface area contributed by atoms with Gasteiger partial charge in [-0.05, 0) is 29.8 Å². The van der Waals surface area contributed by atoms with Crippen LogP contribution in [0.5, 0.6) is 11.5 Å². The molecular weight excluding hydrogens is 311 g/mol. The number of nitrogens with one attached hydrogen (secondary N) is 1. The Morgan fingerprint density at radius 3 is 2.65 bits per heavy atom. The van der Waals surface area contributed by atoms with Crippen molar-refractivity contribution in [2.45, 2.75) is 19.6 Å². The van der Waals surface area contributed by atoms with Gasteiger partial charge in [0.15, 0.2) is 0 Å². The quantitative estimate of drug-likeness (QED) is 0.858. The Balaban J connectivity index is 2.01. The Morgan fingerprint density at radius 1 is 1.22 bits per heavy atom. The van der Waals surface area contributed by atoms with Gasteiger partial charge in [0.2, 0.25) is 5.91 Å². The summed E-state index contributed by atoms with van der Waals surface area (Å²) in [7, 11) is 0. The summed E-state index contributed by atoms with van der Waals surface area (Å²) in [6, 6.07) is 9.66. The molecule has 0 aliphatic rings. The number of rotatable bonds is 6. The molecule has 0 fully saturated rings. The maximum Gasteiger partial charge on any atom is 0.387 e. The van der Waals surface area contributed by atoms with E-state index in [4.69, 9.17) is 0 Å². The number of ether oxygens (including phenoxy) is 1. The molecule has 2 aromatic carbocycles. The Bertz CT molecular complexity index is 692. The van der Waals surface area contributed by atoms with E-state index in [-0.39, 0.29) is 30.0 Å². The van der Waals surface area contributed by atoms with E-state index in [1.54, 1.807) is 12.1 Å². The van der Waals surface area contributed by atoms with Crippen LogP contribution < -0.4 is 10.1 Å². The third-order valence-electron chi connectivity index (χ3n) is 3.03. The second-order valence-corrected chi connectivity index (χ2v) is 4.72. The first-order valence-corrected chi connectivity index (χ1v) is 6.72. The zero-order valence-corrected chi connectivity index (χ0v) is 11.9. The molecule has 0 radical (unpaired) electrons. The molecule has 0 atom stereocenters. The van der Waals surface area contributed by atoms with Gasteiger partial charge in [0, 0.05) is 12.1 Å². The number of hydrogen-bond acceptors (Lipinski definition) is 3. The fourth-order valence-electron chi connectivity index (χ4n) is 2.02. The molecule has 0 aromatic heterocycles. The molecular formula is C16H14F3NO3. The largest absolute Gasteiger partial charge is 0.508 e. The number of halogens is 3. The van der Waals surface area contributed by atoms with Crippen molar-refractivity contribution in [2.24, 2.45) is 0 Å². The van der Waals surface area contributed by atoms with Crippen molar-refractivity contribution in [3.63, 3.8) is 0 Å². The first-order chi connectivity index (χ1) is 11.0. The van der Waals surface area contributed by atoms with Crippen LogP contribution in [0.4, 0.5) is 13.2 Å². The van der Waals surface area contributed by atoms with Crippen molar-refractivity contribution in [3.8, 4) is 11.5 Å². The van der Waals surface area contributed by atoms with E-state index >= 15 is 0 Å². The van der Waals surface area contributed by atoms with Crippen LogP contribution in [0.2, 0.25) is 0 Å². The molecule has 0 aliphatic heterocycles. The zero-order valence-electron chi connectivity index (χ0n) is 11.9. The highest BCUT2D eigenvalue weighted by Gasteiger charge is 2.14. The van der Waals surface area contributed by atoms with Crippen molar-refractivity contribution in [1.29, 1.82) is 0 Å². The number of benzene rings is 2. The van der Waals surface area contributed by atoms with E-state index in [1.807, 2.05) is 0 Å². The predicted octanol–water partition coefficient (Wildman–Crippen LogP) is 2.99. The van der Waals surface area contributed by atoms with Gasteiger partial charge in [-0.15, -0.1) is 0 Å². The summed E-state index contributed by atoms with van der Waals surface area (Å²) >= 11 is 0. The number of phenols is 1. The molecule has 0 heterocycles. The minimum absolute atomic E-state index is 0.0250. The molecule has 122 valence electrons. The SMILES string of the molecule is O=C(Cc1cccc(O)c1)NCc1c(F)cccc1OC(F)F. The van der Waals surface area contributed by atoms with E-state index in [0.29, 0.717) is 5.56 Å². The minimum Gasteiger partial charge on any atom is -0.508 e. The zero-order chi connectivity index (χ0) is 16.8. The summed E-state index contributed by atoms with van der Waals surface area (Å²) in [5, 5.41) is 11.8. The lowest BCUT2D eigenvalue weighted by molar-refractivity contribution is -0.120. The molecule has 2 N–H and O–H groups in total. The second-order valence-electron chi connectivity index (χ2n) is 4.72. The van der Waals surface area contributed by atoms with Gasteiger partial charge >= 0.3 is 6.61 Å². The Labute approximate surface area is 130 Å². The van der Waals surface area contributed by atoms with Crippen LogP contribution in [0.15, 0.2) is 42.5 Å². The molecule has 7 heteroatoms. The molecule has 1 amide bonds. The van der Waals surface area contributed by atoms with E-state index in [2.05, 4.69) is 10.1 Å². The van der Waals surface area contributed by atoms with E-state index in [1.165, 1.54) is 24.3 Å². The summed E-state index contributed by atoms with van der Waals surface area (Å²) < 4.78 is 42.6. The maximum atomic E-state index is 13.7. The molecule has 0 spiro atoms. The standard InChI is InChI=1S/C16H14F3NO3/c17-13-5-2-6-14(23-16(18)19)12(13)9-20-15(22)8-10-3-1-4-11(21)7-10/h1-7,16,21H,8-9H2,(H,20,22). The number of phenolic OH excluding ortho intramolecular Hbond substituents is 1. The van der Waals surface area contributed by atoms with E-state index < -0.39 is 18.3 Å². The molecule has 23 heavy (non-hydrogen) atoms. The van der Waals surface area contributed by atoms with Crippen molar-refractivity contribution < 1.29 is 27.8 Å². The van der Waals surface area contributed by atoms with Gasteiger partial charge in [-0.1, -0.05) is 18.2 Å². The Kier molecular flexibility index (Phi) is 5.46. The highest BCUT2D eigenvalue weighted by atomic mass is 19.3. The smallest absolute Gasteiger partial charge is 0.387 e. The first-order valence-electron chi connectivity index (χ1n) is 6.72. The maximum absolute atomic E-state index is 13.7. The van der Waals surface area contributed by atoms with Crippen molar-refractivity contribution >= 4 is 5.91 Å². The number of alkyl halides is 2. The average Bonchev–Trinajstić information content (AvgIpc) is 2.46. The van der Waals surface area contributed by atoms with Crippen LogP contribution >= 0.6 is 0 Å². The second kappa shape index (κ2) is 7.53. The summed E-state index contributed by atoms with van der Waals surface area (Å²) in [4.78, 5) is 11.8. The lowest BCUT2D eigenvalue weighted by atomic mass is 10.1. The van der Waals surface area contributed by atoms with Crippen molar-refractivity contribution in [2.75, 3.05) is 0 Å². The molecule has 4 nitrogen and oxygen atoms in total. The van der Waals surface area contributed by atoms with Crippen LogP contribution in [0.1, 0.15) is 11.1 Å². The molecule has 0 aliphatic carbocycles. The first kappa shape index (κ1) is 16.7. The predicted molar refractivity (Wildman–Crippen MR) is 76.7 cm³/mol. The lowest BCUT2D eigenvalue weighted by Gasteiger charge is -2.12. The van der Waals surface area contributed by atoms with Crippen LogP contribution in [0.25, 0.3) is 0 Å². The Hall–Kier alpha value is -2.70. The van der Waals surface area contributed by atoms with Crippen LogP contribution in [-0.2, 0) is 17.8 Å². The van der Waals surface area contributed by atoms with Gasteiger partial charge in [-0.3, -0.25) is 4.79 Å². The van der Waals surface area contributed by atoms with Crippen molar-refractivity contribution in [1.82, 2.24) is 5.32 Å². The molecule has 2 rings (SSSR count). The Morgan fingerprint density at radius 2 is 1.96 bits per heavy atom. The summed E-state index contributed by atoms with van der Waals surface area (Å²) in [6.07, 6.45) is -0.0338. The number of aromatic hydroxyl groups is 1. The average molecular weight is 325 g/mol. The summed E-state index contributed by atoms with van der Waals surface area (Å²) in [5.74, 6) is -1.49. The van der Waals surface area contributed by atoms with Gasteiger partial charge in [0.1, 0.15) is 17.3 Å². The van der Waals surface area contributed by atoms with E-state index in [9.17, 15) is 23.1 Å². The van der Waals surface area contributed by atoms with Crippen molar-refractivity contribution in [3.05, 3.63) is 59.4 Å².